The zero-order valence-electron chi connectivity index (χ0n) is 33.3. The molecule has 7 rings (SSSR count). The van der Waals surface area contributed by atoms with Gasteiger partial charge in [0.05, 0.1) is 35.8 Å². The van der Waals surface area contributed by atoms with E-state index in [0.29, 0.717) is 5.56 Å². The summed E-state index contributed by atoms with van der Waals surface area (Å²) in [5.41, 5.74) is -6.02. The molecule has 58 heavy (non-hydrogen) atoms. The monoisotopic (exact) mass is 797 g/mol. The van der Waals surface area contributed by atoms with Crippen molar-refractivity contribution < 1.29 is 58.9 Å². The van der Waals surface area contributed by atoms with Crippen molar-refractivity contribution in [1.29, 1.82) is 0 Å². The Morgan fingerprint density at radius 3 is 2.02 bits per heavy atom. The van der Waals surface area contributed by atoms with Gasteiger partial charge in [-0.3, -0.25) is 9.59 Å². The van der Waals surface area contributed by atoms with Crippen molar-refractivity contribution in [3.63, 3.8) is 0 Å². The number of aryl methyl sites for hydroxylation is 1. The van der Waals surface area contributed by atoms with E-state index < -0.39 is 107 Å². The molecule has 3 aromatic carbocycles. The van der Waals surface area contributed by atoms with Crippen LogP contribution < -0.4 is 5.32 Å². The van der Waals surface area contributed by atoms with Crippen molar-refractivity contribution in [2.45, 2.75) is 102 Å². The fraction of sp³-hybridized carbons (Fsp3) is 0.467. The summed E-state index contributed by atoms with van der Waals surface area (Å²) in [5.74, 6) is -5.90. The van der Waals surface area contributed by atoms with E-state index >= 15 is 0 Å². The van der Waals surface area contributed by atoms with Crippen LogP contribution in [0.1, 0.15) is 78.9 Å². The molecule has 10 unspecified atom stereocenters. The summed E-state index contributed by atoms with van der Waals surface area (Å²) in [6.45, 7) is 9.20. The molecular weight excluding hydrogens is 746 g/mol. The number of fused-ring (bicyclic) bond motifs is 5. The molecule has 3 aliphatic carbocycles. The molecule has 1 saturated heterocycles. The lowest BCUT2D eigenvalue weighted by Gasteiger charge is -2.68. The molecule has 13 heteroatoms. The quantitative estimate of drug-likeness (QED) is 0.144. The lowest BCUT2D eigenvalue weighted by molar-refractivity contribution is -0.358. The molecule has 3 aromatic rings. The first-order valence-corrected chi connectivity index (χ1v) is 19.5. The maximum absolute atomic E-state index is 14.9. The summed E-state index contributed by atoms with van der Waals surface area (Å²) in [4.78, 5) is 56.5. The number of hydrogen-bond donors (Lipinski definition) is 6. The Kier molecular flexibility index (Phi) is 10.6. The molecule has 2 bridgehead atoms. The lowest BCUT2D eigenvalue weighted by Crippen LogP contribution is -2.82. The Morgan fingerprint density at radius 1 is 0.862 bits per heavy atom. The van der Waals surface area contributed by atoms with Gasteiger partial charge in [0.1, 0.15) is 29.5 Å². The summed E-state index contributed by atoms with van der Waals surface area (Å²) in [6, 6.07) is 21.7. The number of amides is 1. The predicted octanol–water partition coefficient (Wildman–Crippen LogP) is 3.15. The Morgan fingerprint density at radius 2 is 1.45 bits per heavy atom. The minimum Gasteiger partial charge on any atom is -0.456 e. The van der Waals surface area contributed by atoms with Crippen LogP contribution in [0.5, 0.6) is 0 Å². The molecule has 1 amide bonds. The largest absolute Gasteiger partial charge is 0.456 e. The second kappa shape index (κ2) is 14.8. The van der Waals surface area contributed by atoms with E-state index in [0.717, 1.165) is 5.56 Å². The predicted molar refractivity (Wildman–Crippen MR) is 208 cm³/mol. The minimum absolute atomic E-state index is 0.0368. The van der Waals surface area contributed by atoms with Gasteiger partial charge in [0.2, 0.25) is 0 Å². The van der Waals surface area contributed by atoms with Gasteiger partial charge in [0, 0.05) is 29.2 Å². The number of benzene rings is 3. The van der Waals surface area contributed by atoms with Crippen molar-refractivity contribution >= 4 is 23.6 Å². The third-order valence-electron chi connectivity index (χ3n) is 13.6. The number of Topliss-reactive ketones (excluding diaryl/α,β-unsaturated/α-hetero) is 1. The Hall–Kier alpha value is -4.76. The second-order valence-electron chi connectivity index (χ2n) is 17.2. The van der Waals surface area contributed by atoms with Gasteiger partial charge < -0.3 is 45.1 Å². The van der Waals surface area contributed by atoms with Crippen molar-refractivity contribution in [3.05, 3.63) is 118 Å². The standard InChI is InChI=1S/C45H51NO12/c1-23-17-19-26(20-18-23)31(46-39(51)27-13-9-7-10-14-27)33(48)41(53)57-29-21-45(55)38(58-40(52)28-15-11-8-12-16-28)34-43(6,35(49)25(3)37-44(34,54)22-56-37)36(50)32(47)30(24(29)2)42(45,4)5/h7-20,25,29,31-35,37-38,47-49,54-55H,21-22H2,1-6H3,(H,46,51)/t25?,29?,31?,32?,33?,34?,35?,37?,38?,43-,44+,45?/m0/s1. The summed E-state index contributed by atoms with van der Waals surface area (Å²) in [7, 11) is 0. The van der Waals surface area contributed by atoms with Crippen LogP contribution >= 0.6 is 0 Å². The molecule has 308 valence electrons. The summed E-state index contributed by atoms with van der Waals surface area (Å²) in [5, 5.41) is 64.4. The summed E-state index contributed by atoms with van der Waals surface area (Å²) >= 11 is 0. The number of aliphatic hydroxyl groups excluding tert-OH is 3. The van der Waals surface area contributed by atoms with Gasteiger partial charge in [-0.1, -0.05) is 87.0 Å². The molecule has 0 aromatic heterocycles. The topological polar surface area (TPSA) is 209 Å². The number of rotatable bonds is 8. The fourth-order valence-corrected chi connectivity index (χ4v) is 10.2. The molecule has 1 heterocycles. The van der Waals surface area contributed by atoms with E-state index in [9.17, 15) is 44.7 Å². The zero-order chi connectivity index (χ0) is 42.1. The maximum atomic E-state index is 14.9. The summed E-state index contributed by atoms with van der Waals surface area (Å²) < 4.78 is 18.1. The molecule has 3 fully saturated rings. The second-order valence-corrected chi connectivity index (χ2v) is 17.2. The highest BCUT2D eigenvalue weighted by molar-refractivity contribution is 5.95. The van der Waals surface area contributed by atoms with Gasteiger partial charge in [0.25, 0.3) is 5.91 Å². The van der Waals surface area contributed by atoms with Gasteiger partial charge >= 0.3 is 11.9 Å². The van der Waals surface area contributed by atoms with Crippen LogP contribution in [-0.2, 0) is 23.8 Å². The number of ketones is 1. The van der Waals surface area contributed by atoms with Crippen molar-refractivity contribution in [3.8, 4) is 0 Å². The smallest absolute Gasteiger partial charge is 0.338 e. The third kappa shape index (κ3) is 6.30. The van der Waals surface area contributed by atoms with Crippen LogP contribution in [0.25, 0.3) is 0 Å². The number of carbonyl (C=O) groups is 4. The average Bonchev–Trinajstić information content (AvgIpc) is 3.20. The lowest BCUT2D eigenvalue weighted by atomic mass is 9.43. The molecule has 0 radical (unpaired) electrons. The zero-order valence-corrected chi connectivity index (χ0v) is 33.3. The van der Waals surface area contributed by atoms with Gasteiger partial charge in [-0.15, -0.1) is 0 Å². The number of carbonyl (C=O) groups excluding carboxylic acids is 4. The first-order valence-electron chi connectivity index (χ1n) is 19.5. The van der Waals surface area contributed by atoms with Crippen molar-refractivity contribution in [2.75, 3.05) is 6.61 Å². The average molecular weight is 798 g/mol. The Balaban J connectivity index is 1.32. The van der Waals surface area contributed by atoms with Crippen LogP contribution in [0.4, 0.5) is 0 Å². The molecule has 13 nitrogen and oxygen atoms in total. The van der Waals surface area contributed by atoms with Crippen molar-refractivity contribution in [2.24, 2.45) is 22.7 Å². The third-order valence-corrected chi connectivity index (χ3v) is 13.6. The number of ether oxygens (including phenoxy) is 3. The molecular formula is C45H51NO12. The number of hydrogen-bond acceptors (Lipinski definition) is 12. The van der Waals surface area contributed by atoms with E-state index in [4.69, 9.17) is 14.2 Å². The van der Waals surface area contributed by atoms with E-state index in [2.05, 4.69) is 5.32 Å². The highest BCUT2D eigenvalue weighted by atomic mass is 16.6. The van der Waals surface area contributed by atoms with E-state index in [1.165, 1.54) is 26.0 Å². The van der Waals surface area contributed by atoms with Crippen LogP contribution in [0, 0.1) is 29.6 Å². The first kappa shape index (κ1) is 41.4. The minimum atomic E-state index is -2.32. The SMILES string of the molecule is CC1=C2C(O)C(=O)[C@]3(C)C(O)C(C)C4OC[C@@]4(O)C3C(OC(=O)c3ccccc3)C(O)(CC1OC(=O)C(O)C(NC(=O)c1ccccc1)c1ccc(C)cc1)C2(C)C. The van der Waals surface area contributed by atoms with Crippen LogP contribution in [-0.4, -0.2) is 104 Å². The van der Waals surface area contributed by atoms with Gasteiger partial charge in [0.15, 0.2) is 11.9 Å². The maximum Gasteiger partial charge on any atom is 0.338 e. The number of aliphatic hydroxyl groups is 5. The van der Waals surface area contributed by atoms with Gasteiger partial charge in [-0.05, 0) is 61.7 Å². The molecule has 6 N–H and O–H groups in total. The van der Waals surface area contributed by atoms with Crippen LogP contribution in [0.15, 0.2) is 96.1 Å². The van der Waals surface area contributed by atoms with Crippen LogP contribution in [0.3, 0.4) is 0 Å². The fourth-order valence-electron chi connectivity index (χ4n) is 10.2. The van der Waals surface area contributed by atoms with Gasteiger partial charge in [-0.25, -0.2) is 9.59 Å². The summed E-state index contributed by atoms with van der Waals surface area (Å²) in [6.07, 6.45) is -10.2. The molecule has 2 saturated carbocycles. The van der Waals surface area contributed by atoms with Crippen LogP contribution in [0.2, 0.25) is 0 Å². The normalized spacial score (nSPS) is 34.8. The van der Waals surface area contributed by atoms with Crippen molar-refractivity contribution in [1.82, 2.24) is 5.32 Å². The van der Waals surface area contributed by atoms with E-state index in [1.54, 1.807) is 93.6 Å². The number of nitrogens with one attached hydrogen (secondary N) is 1. The van der Waals surface area contributed by atoms with E-state index in [1.807, 2.05) is 6.92 Å². The molecule has 0 spiro atoms. The molecule has 12 atom stereocenters. The van der Waals surface area contributed by atoms with Gasteiger partial charge in [-0.2, -0.15) is 0 Å². The first-order chi connectivity index (χ1) is 27.3. The highest BCUT2D eigenvalue weighted by Gasteiger charge is 2.77. The molecule has 4 aliphatic rings. The Labute approximate surface area is 336 Å². The molecule has 1 aliphatic heterocycles. The Bertz CT molecular complexity index is 2120. The highest BCUT2D eigenvalue weighted by Crippen LogP contribution is 2.64. The number of esters is 2. The van der Waals surface area contributed by atoms with E-state index in [-0.39, 0.29) is 28.9 Å².